The minimum Gasteiger partial charge on any atom is -0.497 e. The summed E-state index contributed by atoms with van der Waals surface area (Å²) >= 11 is 0. The number of anilines is 2. The Hall–Kier alpha value is -2.99. The number of fused-ring (bicyclic) bond motifs is 1. The predicted molar refractivity (Wildman–Crippen MR) is 102 cm³/mol. The third-order valence-electron chi connectivity index (χ3n) is 4.64. The molecule has 1 fully saturated rings. The predicted octanol–water partition coefficient (Wildman–Crippen LogP) is 3.27. The van der Waals surface area contributed by atoms with Crippen LogP contribution in [0.1, 0.15) is 10.4 Å². The maximum Gasteiger partial charge on any atom is 0.257 e. The van der Waals surface area contributed by atoms with Gasteiger partial charge < -0.3 is 24.7 Å². The molecule has 1 saturated heterocycles. The second-order valence-corrected chi connectivity index (χ2v) is 6.18. The molecule has 0 radical (unpaired) electrons. The molecular formula is C20H21N3O3. The summed E-state index contributed by atoms with van der Waals surface area (Å²) in [4.78, 5) is 18.2. The van der Waals surface area contributed by atoms with Gasteiger partial charge in [-0.2, -0.15) is 0 Å². The highest BCUT2D eigenvalue weighted by Gasteiger charge is 2.18. The number of amides is 1. The molecule has 6 nitrogen and oxygen atoms in total. The molecular weight excluding hydrogens is 330 g/mol. The number of morpholine rings is 1. The summed E-state index contributed by atoms with van der Waals surface area (Å²) in [5, 5.41) is 3.93. The number of hydrogen-bond donors (Lipinski definition) is 2. The summed E-state index contributed by atoms with van der Waals surface area (Å²) in [5.41, 5.74) is 3.31. The third-order valence-corrected chi connectivity index (χ3v) is 4.64. The molecule has 6 heteroatoms. The number of H-pyrrole nitrogens is 1. The first-order valence-electron chi connectivity index (χ1n) is 8.64. The van der Waals surface area contributed by atoms with Crippen LogP contribution in [0.15, 0.2) is 48.7 Å². The molecule has 1 aliphatic heterocycles. The average molecular weight is 351 g/mol. The van der Waals surface area contributed by atoms with Crippen molar-refractivity contribution in [2.45, 2.75) is 0 Å². The Morgan fingerprint density at radius 3 is 2.81 bits per heavy atom. The Bertz CT molecular complexity index is 929. The number of methoxy groups -OCH3 is 1. The Kier molecular flexibility index (Phi) is 4.50. The van der Waals surface area contributed by atoms with Crippen LogP contribution in [-0.2, 0) is 4.74 Å². The molecule has 0 bridgehead atoms. The summed E-state index contributed by atoms with van der Waals surface area (Å²) < 4.78 is 10.7. The van der Waals surface area contributed by atoms with Crippen LogP contribution >= 0.6 is 0 Å². The fraction of sp³-hybridized carbons (Fsp3) is 0.250. The van der Waals surface area contributed by atoms with Gasteiger partial charge in [0.1, 0.15) is 5.75 Å². The second kappa shape index (κ2) is 7.09. The van der Waals surface area contributed by atoms with Gasteiger partial charge in [-0.3, -0.25) is 4.79 Å². The Morgan fingerprint density at radius 1 is 1.19 bits per heavy atom. The summed E-state index contributed by atoms with van der Waals surface area (Å²) in [6, 6.07) is 13.5. The number of ether oxygens (including phenoxy) is 2. The molecule has 4 rings (SSSR count). The lowest BCUT2D eigenvalue weighted by Gasteiger charge is -2.30. The zero-order chi connectivity index (χ0) is 17.9. The number of aromatic amines is 1. The van der Waals surface area contributed by atoms with Crippen molar-refractivity contribution in [3.8, 4) is 5.75 Å². The van der Waals surface area contributed by atoms with E-state index in [1.165, 1.54) is 0 Å². The fourth-order valence-electron chi connectivity index (χ4n) is 3.27. The van der Waals surface area contributed by atoms with Gasteiger partial charge in [0.05, 0.1) is 37.3 Å². The zero-order valence-corrected chi connectivity index (χ0v) is 14.6. The number of nitrogens with zero attached hydrogens (tertiary/aromatic N) is 1. The highest BCUT2D eigenvalue weighted by atomic mass is 16.5. The molecule has 2 aromatic carbocycles. The monoisotopic (exact) mass is 351 g/mol. The van der Waals surface area contributed by atoms with Crippen molar-refractivity contribution in [2.24, 2.45) is 0 Å². The largest absolute Gasteiger partial charge is 0.497 e. The van der Waals surface area contributed by atoms with Crippen LogP contribution in [0, 0.1) is 0 Å². The fourth-order valence-corrected chi connectivity index (χ4v) is 3.27. The first kappa shape index (κ1) is 16.5. The van der Waals surface area contributed by atoms with Crippen LogP contribution in [0.4, 0.5) is 11.4 Å². The molecule has 0 saturated carbocycles. The smallest absolute Gasteiger partial charge is 0.257 e. The highest BCUT2D eigenvalue weighted by molar-refractivity contribution is 6.13. The normalized spacial score (nSPS) is 14.4. The number of hydrogen-bond acceptors (Lipinski definition) is 4. The van der Waals surface area contributed by atoms with Crippen molar-refractivity contribution < 1.29 is 14.3 Å². The van der Waals surface area contributed by atoms with Gasteiger partial charge in [-0.15, -0.1) is 0 Å². The van der Waals surface area contributed by atoms with Gasteiger partial charge in [0.25, 0.3) is 5.91 Å². The number of benzene rings is 2. The first-order valence-corrected chi connectivity index (χ1v) is 8.64. The lowest BCUT2D eigenvalue weighted by molar-refractivity contribution is 0.102. The molecule has 3 aromatic rings. The standard InChI is InChI=1S/C20H21N3O3/c1-25-14-6-7-15-16(13-21-18(15)12-14)20(24)22-17-4-2-3-5-19(17)23-8-10-26-11-9-23/h2-7,12-13,21H,8-11H2,1H3,(H,22,24). The molecule has 0 aliphatic carbocycles. The maximum absolute atomic E-state index is 12.9. The van der Waals surface area contributed by atoms with Crippen LogP contribution < -0.4 is 15.0 Å². The summed E-state index contributed by atoms with van der Waals surface area (Å²) in [6.07, 6.45) is 1.73. The van der Waals surface area contributed by atoms with E-state index in [9.17, 15) is 4.79 Å². The number of aromatic nitrogens is 1. The summed E-state index contributed by atoms with van der Waals surface area (Å²) in [5.74, 6) is 0.617. The molecule has 2 heterocycles. The van der Waals surface area contributed by atoms with Crippen LogP contribution in [0.5, 0.6) is 5.75 Å². The van der Waals surface area contributed by atoms with Crippen LogP contribution in [0.2, 0.25) is 0 Å². The summed E-state index contributed by atoms with van der Waals surface area (Å²) in [6.45, 7) is 3.04. The third kappa shape index (κ3) is 3.11. The molecule has 1 aromatic heterocycles. The zero-order valence-electron chi connectivity index (χ0n) is 14.6. The number of rotatable bonds is 4. The first-order chi connectivity index (χ1) is 12.8. The minimum absolute atomic E-state index is 0.137. The van der Waals surface area contributed by atoms with Crippen molar-refractivity contribution >= 4 is 28.2 Å². The van der Waals surface area contributed by atoms with Crippen molar-refractivity contribution in [3.05, 3.63) is 54.2 Å². The number of nitrogens with one attached hydrogen (secondary N) is 2. The lowest BCUT2D eigenvalue weighted by Crippen LogP contribution is -2.36. The van der Waals surface area contributed by atoms with Crippen molar-refractivity contribution in [3.63, 3.8) is 0 Å². The van der Waals surface area contributed by atoms with E-state index in [0.29, 0.717) is 18.8 Å². The van der Waals surface area contributed by atoms with Crippen molar-refractivity contribution in [1.29, 1.82) is 0 Å². The van der Waals surface area contributed by atoms with Crippen molar-refractivity contribution in [1.82, 2.24) is 4.98 Å². The Labute approximate surface area is 151 Å². The quantitative estimate of drug-likeness (QED) is 0.757. The Balaban J connectivity index is 1.61. The van der Waals surface area contributed by atoms with E-state index in [1.807, 2.05) is 42.5 Å². The van der Waals surface area contributed by atoms with Crippen LogP contribution in [0.25, 0.3) is 10.9 Å². The van der Waals surface area contributed by atoms with Gasteiger partial charge in [-0.05, 0) is 24.3 Å². The topological polar surface area (TPSA) is 66.6 Å². The van der Waals surface area contributed by atoms with Gasteiger partial charge in [0, 0.05) is 36.3 Å². The number of carbonyl (C=O) groups excluding carboxylic acids is 1. The molecule has 134 valence electrons. The van der Waals surface area contributed by atoms with E-state index < -0.39 is 0 Å². The maximum atomic E-state index is 12.9. The van der Waals surface area contributed by atoms with Crippen LogP contribution in [0.3, 0.4) is 0 Å². The minimum atomic E-state index is -0.137. The number of para-hydroxylation sites is 2. The second-order valence-electron chi connectivity index (χ2n) is 6.18. The van der Waals surface area contributed by atoms with E-state index >= 15 is 0 Å². The molecule has 0 spiro atoms. The number of carbonyl (C=O) groups is 1. The molecule has 26 heavy (non-hydrogen) atoms. The lowest BCUT2D eigenvalue weighted by atomic mass is 10.1. The molecule has 1 amide bonds. The molecule has 1 aliphatic rings. The van der Waals surface area contributed by atoms with Gasteiger partial charge in [0.2, 0.25) is 0 Å². The SMILES string of the molecule is COc1ccc2c(C(=O)Nc3ccccc3N3CCOCC3)c[nH]c2c1. The van der Waals surface area contributed by atoms with Gasteiger partial charge in [-0.1, -0.05) is 12.1 Å². The van der Waals surface area contributed by atoms with E-state index in [-0.39, 0.29) is 5.91 Å². The molecule has 0 unspecified atom stereocenters. The van der Waals surface area contributed by atoms with E-state index in [1.54, 1.807) is 13.3 Å². The van der Waals surface area contributed by atoms with Gasteiger partial charge in [-0.25, -0.2) is 0 Å². The molecule has 2 N–H and O–H groups in total. The van der Waals surface area contributed by atoms with E-state index in [2.05, 4.69) is 15.2 Å². The average Bonchev–Trinajstić information content (AvgIpc) is 3.12. The van der Waals surface area contributed by atoms with E-state index in [4.69, 9.17) is 9.47 Å². The van der Waals surface area contributed by atoms with Crippen molar-refractivity contribution in [2.75, 3.05) is 43.6 Å². The summed E-state index contributed by atoms with van der Waals surface area (Å²) in [7, 11) is 1.63. The van der Waals surface area contributed by atoms with Gasteiger partial charge >= 0.3 is 0 Å². The van der Waals surface area contributed by atoms with Gasteiger partial charge in [0.15, 0.2) is 0 Å². The molecule has 0 atom stereocenters. The van der Waals surface area contributed by atoms with Crippen LogP contribution in [-0.4, -0.2) is 44.3 Å². The Morgan fingerprint density at radius 2 is 2.00 bits per heavy atom. The van der Waals surface area contributed by atoms with E-state index in [0.717, 1.165) is 41.1 Å². The highest BCUT2D eigenvalue weighted by Crippen LogP contribution is 2.28.